The molecular formula is C28H30F4O3. The van der Waals surface area contributed by atoms with Gasteiger partial charge in [-0.15, -0.1) is 0 Å². The van der Waals surface area contributed by atoms with Gasteiger partial charge in [-0.25, -0.2) is 4.39 Å². The summed E-state index contributed by atoms with van der Waals surface area (Å²) in [6.07, 6.45) is -0.801. The van der Waals surface area contributed by atoms with Crippen LogP contribution in [0.2, 0.25) is 0 Å². The molecule has 4 rings (SSSR count). The average Bonchev–Trinajstić information content (AvgIpc) is 2.86. The van der Waals surface area contributed by atoms with Gasteiger partial charge in [0.2, 0.25) is 0 Å². The fraction of sp³-hybridized carbons (Fsp3) is 0.429. The highest BCUT2D eigenvalue weighted by Crippen LogP contribution is 2.31. The maximum atomic E-state index is 15.2. The predicted octanol–water partition coefficient (Wildman–Crippen LogP) is 7.40. The maximum absolute atomic E-state index is 15.2. The van der Waals surface area contributed by atoms with Crippen LogP contribution in [0.25, 0.3) is 10.8 Å². The van der Waals surface area contributed by atoms with E-state index in [0.29, 0.717) is 43.6 Å². The van der Waals surface area contributed by atoms with Crippen molar-refractivity contribution in [1.29, 1.82) is 0 Å². The molecule has 1 fully saturated rings. The van der Waals surface area contributed by atoms with Gasteiger partial charge in [0, 0.05) is 17.6 Å². The second-order valence-electron chi connectivity index (χ2n) is 8.91. The van der Waals surface area contributed by atoms with Gasteiger partial charge in [0.1, 0.15) is 11.9 Å². The summed E-state index contributed by atoms with van der Waals surface area (Å²) in [4.78, 5) is 0. The fourth-order valence-corrected chi connectivity index (χ4v) is 4.21. The Kier molecular flexibility index (Phi) is 8.42. The van der Waals surface area contributed by atoms with Crippen LogP contribution in [-0.4, -0.2) is 25.9 Å². The van der Waals surface area contributed by atoms with E-state index in [4.69, 9.17) is 14.2 Å². The SMILES string of the molecule is CCCCCOC1COC(c2ccc3c(F)c(CCc4ccc(C(F)(F)F)cc4)ccc3c2)OC1. The quantitative estimate of drug-likeness (QED) is 0.231. The minimum Gasteiger partial charge on any atom is -0.373 e. The lowest BCUT2D eigenvalue weighted by atomic mass is 9.98. The molecule has 1 heterocycles. The van der Waals surface area contributed by atoms with E-state index < -0.39 is 18.0 Å². The van der Waals surface area contributed by atoms with Crippen molar-refractivity contribution in [1.82, 2.24) is 0 Å². The van der Waals surface area contributed by atoms with E-state index in [1.54, 1.807) is 18.2 Å². The van der Waals surface area contributed by atoms with Crippen LogP contribution in [0.4, 0.5) is 17.6 Å². The number of hydrogen-bond donors (Lipinski definition) is 0. The molecule has 7 heteroatoms. The number of hydrogen-bond acceptors (Lipinski definition) is 3. The molecule has 0 spiro atoms. The molecule has 0 amide bonds. The molecule has 3 aromatic carbocycles. The van der Waals surface area contributed by atoms with E-state index in [0.717, 1.165) is 47.9 Å². The Morgan fingerprint density at radius 3 is 2.34 bits per heavy atom. The predicted molar refractivity (Wildman–Crippen MR) is 127 cm³/mol. The Morgan fingerprint density at radius 1 is 0.914 bits per heavy atom. The Morgan fingerprint density at radius 2 is 1.66 bits per heavy atom. The second-order valence-corrected chi connectivity index (χ2v) is 8.91. The van der Waals surface area contributed by atoms with Crippen LogP contribution in [0, 0.1) is 5.82 Å². The van der Waals surface area contributed by atoms with E-state index in [2.05, 4.69) is 6.92 Å². The van der Waals surface area contributed by atoms with Gasteiger partial charge in [0.25, 0.3) is 0 Å². The maximum Gasteiger partial charge on any atom is 0.416 e. The summed E-state index contributed by atoms with van der Waals surface area (Å²) in [5.41, 5.74) is 1.39. The molecule has 1 aliphatic heterocycles. The first-order valence-electron chi connectivity index (χ1n) is 12.1. The molecule has 0 radical (unpaired) electrons. The van der Waals surface area contributed by atoms with Gasteiger partial charge in [-0.3, -0.25) is 0 Å². The summed E-state index contributed by atoms with van der Waals surface area (Å²) < 4.78 is 70.8. The van der Waals surface area contributed by atoms with Crippen molar-refractivity contribution in [3.63, 3.8) is 0 Å². The lowest BCUT2D eigenvalue weighted by molar-refractivity contribution is -0.230. The van der Waals surface area contributed by atoms with Crippen LogP contribution in [0.5, 0.6) is 0 Å². The van der Waals surface area contributed by atoms with E-state index in [-0.39, 0.29) is 11.9 Å². The molecular weight excluding hydrogens is 460 g/mol. The van der Waals surface area contributed by atoms with Crippen LogP contribution in [0.1, 0.15) is 54.7 Å². The summed E-state index contributed by atoms with van der Waals surface area (Å²) in [5, 5.41) is 1.23. The Bertz CT molecular complexity index is 1100. The van der Waals surface area contributed by atoms with Crippen molar-refractivity contribution in [3.8, 4) is 0 Å². The van der Waals surface area contributed by atoms with Gasteiger partial charge in [0.05, 0.1) is 18.8 Å². The third kappa shape index (κ3) is 6.60. The molecule has 3 aromatic rings. The van der Waals surface area contributed by atoms with Crippen LogP contribution < -0.4 is 0 Å². The first-order valence-corrected chi connectivity index (χ1v) is 12.1. The minimum atomic E-state index is -4.36. The number of alkyl halides is 3. The number of fused-ring (bicyclic) bond motifs is 1. The molecule has 0 bridgehead atoms. The molecule has 3 nitrogen and oxygen atoms in total. The lowest BCUT2D eigenvalue weighted by Gasteiger charge is -2.29. The van der Waals surface area contributed by atoms with Crippen LogP contribution in [0.3, 0.4) is 0 Å². The highest BCUT2D eigenvalue weighted by atomic mass is 19.4. The molecule has 0 saturated carbocycles. The first-order chi connectivity index (χ1) is 16.8. The Hall–Kier alpha value is -2.48. The monoisotopic (exact) mass is 490 g/mol. The molecule has 35 heavy (non-hydrogen) atoms. The molecule has 188 valence electrons. The zero-order valence-corrected chi connectivity index (χ0v) is 19.7. The van der Waals surface area contributed by atoms with Gasteiger partial charge in [-0.05, 0) is 54.0 Å². The molecule has 0 N–H and O–H groups in total. The van der Waals surface area contributed by atoms with Crippen molar-refractivity contribution in [2.45, 2.75) is 57.6 Å². The summed E-state index contributed by atoms with van der Waals surface area (Å²) >= 11 is 0. The Balaban J connectivity index is 1.36. The highest BCUT2D eigenvalue weighted by molar-refractivity contribution is 5.84. The number of rotatable bonds is 9. The van der Waals surface area contributed by atoms with E-state index in [1.165, 1.54) is 12.1 Å². The smallest absolute Gasteiger partial charge is 0.373 e. The van der Waals surface area contributed by atoms with Crippen LogP contribution in [-0.2, 0) is 33.2 Å². The largest absolute Gasteiger partial charge is 0.416 e. The van der Waals surface area contributed by atoms with Crippen molar-refractivity contribution in [3.05, 3.63) is 82.7 Å². The average molecular weight is 491 g/mol. The van der Waals surface area contributed by atoms with Gasteiger partial charge >= 0.3 is 6.18 Å². The summed E-state index contributed by atoms with van der Waals surface area (Å²) in [5.74, 6) is -0.313. The van der Waals surface area contributed by atoms with Crippen LogP contribution in [0.15, 0.2) is 54.6 Å². The third-order valence-corrected chi connectivity index (χ3v) is 6.26. The molecule has 0 unspecified atom stereocenters. The van der Waals surface area contributed by atoms with E-state index in [1.807, 2.05) is 12.1 Å². The van der Waals surface area contributed by atoms with Gasteiger partial charge < -0.3 is 14.2 Å². The topological polar surface area (TPSA) is 27.7 Å². The van der Waals surface area contributed by atoms with Crippen LogP contribution >= 0.6 is 0 Å². The number of ether oxygens (including phenoxy) is 3. The van der Waals surface area contributed by atoms with Crippen molar-refractivity contribution in [2.75, 3.05) is 19.8 Å². The molecule has 0 aliphatic carbocycles. The third-order valence-electron chi connectivity index (χ3n) is 6.26. The first kappa shape index (κ1) is 25.6. The van der Waals surface area contributed by atoms with Gasteiger partial charge in [0.15, 0.2) is 6.29 Å². The number of benzene rings is 3. The standard InChI is InChI=1S/C28H30F4O3/c1-2-3-4-15-33-24-17-34-27(35-18-24)22-11-14-25-21(16-22)10-9-20(26(25)29)8-5-19-6-12-23(13-7-19)28(30,31)32/h6-7,9-14,16,24,27H,2-5,8,15,17-18H2,1H3. The van der Waals surface area contributed by atoms with E-state index in [9.17, 15) is 13.2 Å². The minimum absolute atomic E-state index is 0.0757. The van der Waals surface area contributed by atoms with Crippen molar-refractivity contribution < 1.29 is 31.8 Å². The summed E-state index contributed by atoms with van der Waals surface area (Å²) in [7, 11) is 0. The Labute approximate surface area is 203 Å². The fourth-order valence-electron chi connectivity index (χ4n) is 4.21. The van der Waals surface area contributed by atoms with Crippen molar-refractivity contribution >= 4 is 10.8 Å². The molecule has 1 saturated heterocycles. The molecule has 0 atom stereocenters. The number of halogens is 4. The highest BCUT2D eigenvalue weighted by Gasteiger charge is 2.30. The van der Waals surface area contributed by atoms with Crippen molar-refractivity contribution in [2.24, 2.45) is 0 Å². The number of unbranched alkanes of at least 4 members (excludes halogenated alkanes) is 2. The summed E-state index contributed by atoms with van der Waals surface area (Å²) in [6, 6.07) is 14.0. The summed E-state index contributed by atoms with van der Waals surface area (Å²) in [6.45, 7) is 3.75. The molecule has 0 aromatic heterocycles. The zero-order valence-electron chi connectivity index (χ0n) is 19.7. The van der Waals surface area contributed by atoms with Gasteiger partial charge in [-0.2, -0.15) is 13.2 Å². The van der Waals surface area contributed by atoms with Gasteiger partial charge in [-0.1, -0.05) is 56.2 Å². The zero-order chi connectivity index (χ0) is 24.8. The lowest BCUT2D eigenvalue weighted by Crippen LogP contribution is -2.33. The number of aryl methyl sites for hydroxylation is 2. The molecule has 1 aliphatic rings. The van der Waals surface area contributed by atoms with E-state index >= 15 is 4.39 Å². The normalized spacial score (nSPS) is 18.8. The second kappa shape index (κ2) is 11.5.